The van der Waals surface area contributed by atoms with Gasteiger partial charge in [0, 0.05) is 62.9 Å². The second-order valence-corrected chi connectivity index (χ2v) is 8.93. The highest BCUT2D eigenvalue weighted by Crippen LogP contribution is 2.52. The van der Waals surface area contributed by atoms with Gasteiger partial charge < -0.3 is 19.9 Å². The number of fused-ring (bicyclic) bond motifs is 1. The zero-order valence-corrected chi connectivity index (χ0v) is 20.2. The number of hydrogen-bond donors (Lipinski definition) is 1. The monoisotopic (exact) mass is 498 g/mol. The van der Waals surface area contributed by atoms with Gasteiger partial charge in [0.1, 0.15) is 0 Å². The standard InChI is InChI=1S/C22H34N4O.HI/c1-15-7-6-8-18(16(15)2)25-10-12-26(13-11-25)21(23-5)24-19-17-9-14-27-20(17)22(19,3)4;/h6-8,17,19-20H,9-14H2,1-5H3,(H,23,24);1H. The van der Waals surface area contributed by atoms with Crippen LogP contribution < -0.4 is 10.2 Å². The predicted molar refractivity (Wildman–Crippen MR) is 127 cm³/mol. The van der Waals surface area contributed by atoms with Crippen molar-refractivity contribution in [2.24, 2.45) is 16.3 Å². The minimum absolute atomic E-state index is 0. The zero-order chi connectivity index (χ0) is 19.2. The number of hydrogen-bond acceptors (Lipinski definition) is 3. The Hall–Kier alpha value is -1.02. The molecule has 3 atom stereocenters. The molecule has 1 aliphatic carbocycles. The van der Waals surface area contributed by atoms with Gasteiger partial charge in [-0.05, 0) is 37.5 Å². The van der Waals surface area contributed by atoms with E-state index < -0.39 is 0 Å². The summed E-state index contributed by atoms with van der Waals surface area (Å²) < 4.78 is 5.94. The second-order valence-electron chi connectivity index (χ2n) is 8.93. The molecule has 0 aromatic heterocycles. The molecule has 1 saturated carbocycles. The summed E-state index contributed by atoms with van der Waals surface area (Å²) in [5.41, 5.74) is 4.33. The second kappa shape index (κ2) is 8.38. The minimum Gasteiger partial charge on any atom is -0.377 e. The SMILES string of the molecule is CN=C(NC1C2CCOC2C1(C)C)N1CCN(c2cccc(C)c2C)CC1.I. The Bertz CT molecular complexity index is 727. The van der Waals surface area contributed by atoms with Gasteiger partial charge in [-0.1, -0.05) is 26.0 Å². The van der Waals surface area contributed by atoms with Crippen LogP contribution in [0.5, 0.6) is 0 Å². The first kappa shape index (κ1) is 21.7. The third-order valence-electron chi connectivity index (χ3n) is 7.09. The van der Waals surface area contributed by atoms with Crippen LogP contribution in [0.1, 0.15) is 31.4 Å². The van der Waals surface area contributed by atoms with Crippen molar-refractivity contribution in [3.63, 3.8) is 0 Å². The molecular formula is C22H35IN4O. The Labute approximate surface area is 186 Å². The molecule has 0 bridgehead atoms. The van der Waals surface area contributed by atoms with Gasteiger partial charge >= 0.3 is 0 Å². The molecule has 1 aromatic rings. The average molecular weight is 498 g/mol. The van der Waals surface area contributed by atoms with E-state index in [9.17, 15) is 0 Å². The van der Waals surface area contributed by atoms with Crippen LogP contribution in [0.25, 0.3) is 0 Å². The third kappa shape index (κ3) is 3.62. The number of ether oxygens (including phenoxy) is 1. The van der Waals surface area contributed by atoms with Gasteiger partial charge in [0.25, 0.3) is 0 Å². The predicted octanol–water partition coefficient (Wildman–Crippen LogP) is 3.43. The summed E-state index contributed by atoms with van der Waals surface area (Å²) >= 11 is 0. The molecule has 6 heteroatoms. The van der Waals surface area contributed by atoms with Crippen molar-refractivity contribution in [3.05, 3.63) is 29.3 Å². The van der Waals surface area contributed by atoms with Crippen molar-refractivity contribution in [3.8, 4) is 0 Å². The fourth-order valence-corrected chi connectivity index (χ4v) is 5.29. The third-order valence-corrected chi connectivity index (χ3v) is 7.09. The van der Waals surface area contributed by atoms with E-state index in [4.69, 9.17) is 4.74 Å². The highest BCUT2D eigenvalue weighted by Gasteiger charge is 2.59. The molecule has 3 unspecified atom stereocenters. The normalized spacial score (nSPS) is 29.0. The lowest BCUT2D eigenvalue weighted by Crippen LogP contribution is -2.68. The summed E-state index contributed by atoms with van der Waals surface area (Å²) in [7, 11) is 1.91. The molecule has 0 spiro atoms. The van der Waals surface area contributed by atoms with E-state index in [0.717, 1.165) is 38.7 Å². The number of guanidine groups is 1. The van der Waals surface area contributed by atoms with E-state index in [1.807, 2.05) is 7.05 Å². The summed E-state index contributed by atoms with van der Waals surface area (Å²) in [6, 6.07) is 7.08. The van der Waals surface area contributed by atoms with Gasteiger partial charge in [0.2, 0.25) is 0 Å². The Morgan fingerprint density at radius 2 is 1.89 bits per heavy atom. The van der Waals surface area contributed by atoms with Gasteiger partial charge in [0.15, 0.2) is 5.96 Å². The van der Waals surface area contributed by atoms with Crippen LogP contribution in [0.4, 0.5) is 5.69 Å². The average Bonchev–Trinajstić information content (AvgIpc) is 3.12. The van der Waals surface area contributed by atoms with Crippen LogP contribution in [-0.2, 0) is 4.74 Å². The van der Waals surface area contributed by atoms with Gasteiger partial charge in [0.05, 0.1) is 6.10 Å². The topological polar surface area (TPSA) is 40.1 Å². The van der Waals surface area contributed by atoms with Crippen molar-refractivity contribution >= 4 is 35.6 Å². The number of halogens is 1. The van der Waals surface area contributed by atoms with Gasteiger partial charge in [-0.25, -0.2) is 0 Å². The highest BCUT2D eigenvalue weighted by atomic mass is 127. The molecule has 2 saturated heterocycles. The van der Waals surface area contributed by atoms with Crippen molar-refractivity contribution in [1.29, 1.82) is 0 Å². The van der Waals surface area contributed by atoms with Crippen molar-refractivity contribution in [1.82, 2.24) is 10.2 Å². The lowest BCUT2D eigenvalue weighted by Gasteiger charge is -2.55. The Morgan fingerprint density at radius 3 is 2.57 bits per heavy atom. The lowest BCUT2D eigenvalue weighted by molar-refractivity contribution is -0.107. The number of nitrogens with one attached hydrogen (secondary N) is 1. The van der Waals surface area contributed by atoms with E-state index in [-0.39, 0.29) is 29.4 Å². The van der Waals surface area contributed by atoms with E-state index in [0.29, 0.717) is 18.1 Å². The molecule has 3 fully saturated rings. The molecule has 0 amide bonds. The smallest absolute Gasteiger partial charge is 0.194 e. The summed E-state index contributed by atoms with van der Waals surface area (Å²) in [6.45, 7) is 14.1. The molecule has 156 valence electrons. The first-order chi connectivity index (χ1) is 12.9. The summed E-state index contributed by atoms with van der Waals surface area (Å²) in [6.07, 6.45) is 1.58. The van der Waals surface area contributed by atoms with Crippen LogP contribution >= 0.6 is 24.0 Å². The maximum absolute atomic E-state index is 5.94. The van der Waals surface area contributed by atoms with Crippen LogP contribution in [-0.4, -0.2) is 62.8 Å². The fraction of sp³-hybridized carbons (Fsp3) is 0.682. The molecule has 4 rings (SSSR count). The Morgan fingerprint density at radius 1 is 1.18 bits per heavy atom. The lowest BCUT2D eigenvalue weighted by atomic mass is 9.57. The van der Waals surface area contributed by atoms with E-state index in [1.165, 1.54) is 23.2 Å². The first-order valence-electron chi connectivity index (χ1n) is 10.3. The number of aliphatic imine (C=N–C) groups is 1. The fourth-order valence-electron chi connectivity index (χ4n) is 5.29. The maximum Gasteiger partial charge on any atom is 0.194 e. The van der Waals surface area contributed by atoms with Crippen LogP contribution in [0, 0.1) is 25.2 Å². The molecule has 2 heterocycles. The van der Waals surface area contributed by atoms with Gasteiger partial charge in [-0.2, -0.15) is 0 Å². The quantitative estimate of drug-likeness (QED) is 0.386. The molecule has 28 heavy (non-hydrogen) atoms. The van der Waals surface area contributed by atoms with Crippen molar-refractivity contribution in [2.45, 2.75) is 46.3 Å². The van der Waals surface area contributed by atoms with Crippen molar-refractivity contribution < 1.29 is 4.74 Å². The number of anilines is 1. The molecular weight excluding hydrogens is 463 g/mol. The van der Waals surface area contributed by atoms with Crippen molar-refractivity contribution in [2.75, 3.05) is 44.7 Å². The summed E-state index contributed by atoms with van der Waals surface area (Å²) in [5, 5.41) is 3.79. The molecule has 1 N–H and O–H groups in total. The molecule has 0 radical (unpaired) electrons. The maximum atomic E-state index is 5.94. The minimum atomic E-state index is 0. The van der Waals surface area contributed by atoms with Gasteiger partial charge in [-0.3, -0.25) is 4.99 Å². The van der Waals surface area contributed by atoms with Crippen LogP contribution in [0.3, 0.4) is 0 Å². The van der Waals surface area contributed by atoms with E-state index >= 15 is 0 Å². The van der Waals surface area contributed by atoms with Crippen LogP contribution in [0.15, 0.2) is 23.2 Å². The first-order valence-corrected chi connectivity index (χ1v) is 10.3. The zero-order valence-electron chi connectivity index (χ0n) is 17.9. The highest BCUT2D eigenvalue weighted by molar-refractivity contribution is 14.0. The largest absolute Gasteiger partial charge is 0.377 e. The number of rotatable bonds is 2. The van der Waals surface area contributed by atoms with E-state index in [2.05, 4.69) is 66.0 Å². The van der Waals surface area contributed by atoms with Crippen LogP contribution in [0.2, 0.25) is 0 Å². The summed E-state index contributed by atoms with van der Waals surface area (Å²) in [4.78, 5) is 9.55. The number of piperazine rings is 1. The van der Waals surface area contributed by atoms with Gasteiger partial charge in [-0.15, -0.1) is 24.0 Å². The number of nitrogens with zero attached hydrogens (tertiary/aromatic N) is 3. The molecule has 3 aliphatic rings. The summed E-state index contributed by atoms with van der Waals surface area (Å²) in [5.74, 6) is 1.69. The van der Waals surface area contributed by atoms with E-state index in [1.54, 1.807) is 0 Å². The molecule has 5 nitrogen and oxygen atoms in total. The Kier molecular flexibility index (Phi) is 6.49. The molecule has 2 aliphatic heterocycles. The Balaban J connectivity index is 0.00000225. The number of aryl methyl sites for hydroxylation is 1. The number of benzene rings is 1. The molecule has 1 aromatic carbocycles.